The number of unbranched alkanes of at least 4 members (excludes halogenated alkanes) is 1. The van der Waals surface area contributed by atoms with Crippen LogP contribution in [0.5, 0.6) is 0 Å². The third-order valence-corrected chi connectivity index (χ3v) is 5.97. The van der Waals surface area contributed by atoms with Gasteiger partial charge in [0.15, 0.2) is 5.11 Å². The molecule has 1 fully saturated rings. The molecule has 27 heavy (non-hydrogen) atoms. The average Bonchev–Trinajstić information content (AvgIpc) is 3.32. The fourth-order valence-corrected chi connectivity index (χ4v) is 4.42. The number of fused-ring (bicyclic) bond motifs is 1. The van der Waals surface area contributed by atoms with Crippen LogP contribution in [0.15, 0.2) is 36.0 Å². The fraction of sp³-hybridized carbons (Fsp3) is 0.250. The van der Waals surface area contributed by atoms with Crippen LogP contribution in [-0.4, -0.2) is 28.4 Å². The molecule has 0 bridgehead atoms. The Morgan fingerprint density at radius 2 is 2.07 bits per heavy atom. The number of rotatable bonds is 5. The first kappa shape index (κ1) is 17.9. The minimum Gasteiger partial charge on any atom is -0.334 e. The Morgan fingerprint density at radius 3 is 2.81 bits per heavy atom. The highest BCUT2D eigenvalue weighted by atomic mass is 32.1. The molecular weight excluding hydrogens is 378 g/mol. The van der Waals surface area contributed by atoms with Gasteiger partial charge < -0.3 is 10.2 Å². The minimum absolute atomic E-state index is 0.135. The molecule has 0 spiro atoms. The van der Waals surface area contributed by atoms with E-state index in [0.29, 0.717) is 17.4 Å². The van der Waals surface area contributed by atoms with Crippen molar-refractivity contribution in [2.75, 3.05) is 6.54 Å². The summed E-state index contributed by atoms with van der Waals surface area (Å²) in [5.74, 6) is -0.0749. The first-order valence-corrected chi connectivity index (χ1v) is 10.1. The van der Waals surface area contributed by atoms with E-state index in [1.165, 1.54) is 0 Å². The molecule has 0 atom stereocenters. The van der Waals surface area contributed by atoms with E-state index < -0.39 is 0 Å². The van der Waals surface area contributed by atoms with E-state index in [-0.39, 0.29) is 11.8 Å². The first-order chi connectivity index (χ1) is 13.0. The van der Waals surface area contributed by atoms with Crippen LogP contribution >= 0.6 is 23.6 Å². The van der Waals surface area contributed by atoms with E-state index in [1.807, 2.05) is 29.2 Å². The number of thiocarbonyl (C=S) groups is 1. The Bertz CT molecular complexity index is 977. The van der Waals surface area contributed by atoms with Crippen LogP contribution in [-0.2, 0) is 11.3 Å². The molecule has 4 rings (SSSR count). The van der Waals surface area contributed by atoms with Gasteiger partial charge >= 0.3 is 0 Å². The van der Waals surface area contributed by atoms with E-state index in [1.54, 1.807) is 17.4 Å². The standard InChI is InChI=1S/C20H19N3O2S2/c1-2-3-8-23-11-13-9-12(4-6-15(13)19(23)25)17-7-5-14(27-17)10-16-18(24)22-20(26)21-16/h4-7,9-10H,2-3,8,11H2,1H3,(H2,21,22,24,26). The molecule has 2 aromatic rings. The summed E-state index contributed by atoms with van der Waals surface area (Å²) in [5, 5.41) is 5.75. The summed E-state index contributed by atoms with van der Waals surface area (Å²) in [4.78, 5) is 28.2. The van der Waals surface area contributed by atoms with Gasteiger partial charge in [-0.15, -0.1) is 11.3 Å². The second-order valence-electron chi connectivity index (χ2n) is 6.62. The molecule has 0 saturated carbocycles. The molecule has 0 unspecified atom stereocenters. The topological polar surface area (TPSA) is 61.4 Å². The van der Waals surface area contributed by atoms with E-state index in [0.717, 1.165) is 45.8 Å². The van der Waals surface area contributed by atoms with E-state index in [9.17, 15) is 9.59 Å². The molecule has 1 saturated heterocycles. The SMILES string of the molecule is CCCCN1Cc2cc(-c3ccc(C=C4NC(=S)NC4=O)s3)ccc2C1=O. The highest BCUT2D eigenvalue weighted by Gasteiger charge is 2.27. The van der Waals surface area contributed by atoms with E-state index in [4.69, 9.17) is 12.2 Å². The largest absolute Gasteiger partial charge is 0.334 e. The molecular formula is C20H19N3O2S2. The first-order valence-electron chi connectivity index (χ1n) is 8.91. The number of nitrogens with one attached hydrogen (secondary N) is 2. The van der Waals surface area contributed by atoms with Crippen LogP contribution in [0.3, 0.4) is 0 Å². The molecule has 2 aliphatic rings. The van der Waals surface area contributed by atoms with Crippen molar-refractivity contribution in [2.45, 2.75) is 26.3 Å². The maximum atomic E-state index is 12.5. The van der Waals surface area contributed by atoms with Crippen molar-refractivity contribution >= 4 is 46.6 Å². The highest BCUT2D eigenvalue weighted by molar-refractivity contribution is 7.80. The molecule has 7 heteroatoms. The van der Waals surface area contributed by atoms with Crippen molar-refractivity contribution in [3.05, 3.63) is 52.0 Å². The van der Waals surface area contributed by atoms with E-state index >= 15 is 0 Å². The van der Waals surface area contributed by atoms with Crippen LogP contribution in [0.2, 0.25) is 0 Å². The molecule has 0 radical (unpaired) electrons. The zero-order chi connectivity index (χ0) is 19.0. The Morgan fingerprint density at radius 1 is 1.22 bits per heavy atom. The summed E-state index contributed by atoms with van der Waals surface area (Å²) in [7, 11) is 0. The van der Waals surface area contributed by atoms with Crippen molar-refractivity contribution in [3.63, 3.8) is 0 Å². The molecule has 5 nitrogen and oxygen atoms in total. The van der Waals surface area contributed by atoms with Crippen LogP contribution in [0, 0.1) is 0 Å². The second kappa shape index (κ2) is 7.25. The average molecular weight is 398 g/mol. The number of nitrogens with zero attached hydrogens (tertiary/aromatic N) is 1. The Kier molecular flexibility index (Phi) is 4.80. The van der Waals surface area contributed by atoms with Crippen molar-refractivity contribution in [1.29, 1.82) is 0 Å². The van der Waals surface area contributed by atoms with Crippen molar-refractivity contribution < 1.29 is 9.59 Å². The van der Waals surface area contributed by atoms with Gasteiger partial charge in [-0.2, -0.15) is 0 Å². The lowest BCUT2D eigenvalue weighted by molar-refractivity contribution is -0.115. The lowest BCUT2D eigenvalue weighted by Gasteiger charge is -2.14. The third kappa shape index (κ3) is 3.52. The lowest BCUT2D eigenvalue weighted by atomic mass is 10.1. The van der Waals surface area contributed by atoms with Crippen LogP contribution < -0.4 is 10.6 Å². The van der Waals surface area contributed by atoms with Crippen molar-refractivity contribution in [3.8, 4) is 10.4 Å². The van der Waals surface area contributed by atoms with Crippen molar-refractivity contribution in [2.24, 2.45) is 0 Å². The predicted octanol–water partition coefficient (Wildman–Crippen LogP) is 3.52. The number of carbonyl (C=O) groups excluding carboxylic acids is 2. The smallest absolute Gasteiger partial charge is 0.273 e. The van der Waals surface area contributed by atoms with Gasteiger partial charge in [0.1, 0.15) is 5.70 Å². The summed E-state index contributed by atoms with van der Waals surface area (Å²) in [6, 6.07) is 10.1. The fourth-order valence-electron chi connectivity index (χ4n) is 3.27. The Balaban J connectivity index is 1.56. The molecule has 2 N–H and O–H groups in total. The van der Waals surface area contributed by atoms with Crippen molar-refractivity contribution in [1.82, 2.24) is 15.5 Å². The molecule has 2 amide bonds. The number of amides is 2. The Hall–Kier alpha value is -2.51. The molecule has 3 heterocycles. The van der Waals surface area contributed by atoms with Gasteiger partial charge in [0.05, 0.1) is 0 Å². The number of hydrogen-bond donors (Lipinski definition) is 2. The minimum atomic E-state index is -0.210. The lowest BCUT2D eigenvalue weighted by Crippen LogP contribution is -2.24. The molecule has 0 aliphatic carbocycles. The number of thiophene rings is 1. The second-order valence-corrected chi connectivity index (χ2v) is 8.14. The zero-order valence-corrected chi connectivity index (χ0v) is 16.5. The highest BCUT2D eigenvalue weighted by Crippen LogP contribution is 2.33. The van der Waals surface area contributed by atoms with Gasteiger partial charge in [0.25, 0.3) is 11.8 Å². The zero-order valence-electron chi connectivity index (χ0n) is 14.9. The molecule has 2 aliphatic heterocycles. The van der Waals surface area contributed by atoms with Crippen LogP contribution in [0.25, 0.3) is 16.5 Å². The van der Waals surface area contributed by atoms with Crippen LogP contribution in [0.1, 0.15) is 40.6 Å². The van der Waals surface area contributed by atoms with Gasteiger partial charge in [0.2, 0.25) is 0 Å². The number of carbonyl (C=O) groups is 2. The maximum absolute atomic E-state index is 12.5. The van der Waals surface area contributed by atoms with Crippen LogP contribution in [0.4, 0.5) is 0 Å². The summed E-state index contributed by atoms with van der Waals surface area (Å²) in [5.41, 5.74) is 3.45. The van der Waals surface area contributed by atoms with Gasteiger partial charge in [-0.25, -0.2) is 0 Å². The predicted molar refractivity (Wildman–Crippen MR) is 111 cm³/mol. The summed E-state index contributed by atoms with van der Waals surface area (Å²) in [6.45, 7) is 3.63. The molecule has 1 aromatic carbocycles. The quantitative estimate of drug-likeness (QED) is 0.599. The number of hydrogen-bond acceptors (Lipinski definition) is 4. The summed E-state index contributed by atoms with van der Waals surface area (Å²) < 4.78 is 0. The van der Waals surface area contributed by atoms with Gasteiger partial charge in [-0.1, -0.05) is 19.4 Å². The monoisotopic (exact) mass is 397 g/mol. The molecule has 138 valence electrons. The maximum Gasteiger partial charge on any atom is 0.273 e. The Labute approximate surface area is 167 Å². The summed E-state index contributed by atoms with van der Waals surface area (Å²) >= 11 is 6.55. The molecule has 1 aromatic heterocycles. The van der Waals surface area contributed by atoms with E-state index in [2.05, 4.69) is 23.6 Å². The normalized spacial score (nSPS) is 17.4. The van der Waals surface area contributed by atoms with Gasteiger partial charge in [-0.05, 0) is 60.1 Å². The third-order valence-electron chi connectivity index (χ3n) is 4.68. The summed E-state index contributed by atoms with van der Waals surface area (Å²) in [6.07, 6.45) is 3.91. The van der Waals surface area contributed by atoms with Gasteiger partial charge in [0, 0.05) is 28.4 Å². The number of benzene rings is 1. The van der Waals surface area contributed by atoms with Gasteiger partial charge in [-0.3, -0.25) is 14.9 Å².